The Kier molecular flexibility index (Phi) is 5.90. The third-order valence-electron chi connectivity index (χ3n) is 4.27. The fraction of sp³-hybridized carbons (Fsp3) is 0.350. The normalized spacial score (nSPS) is 11.3. The molecule has 0 spiro atoms. The number of carbonyl (C=O) groups excluding carboxylic acids is 1. The van der Waals surface area contributed by atoms with Crippen LogP contribution in [0.15, 0.2) is 30.3 Å². The number of rotatable bonds is 6. The highest BCUT2D eigenvalue weighted by Crippen LogP contribution is 2.34. The summed E-state index contributed by atoms with van der Waals surface area (Å²) in [5, 5.41) is 0.469. The minimum absolute atomic E-state index is 0.318. The topological polar surface area (TPSA) is 43.4 Å². The Morgan fingerprint density at radius 2 is 1.75 bits per heavy atom. The van der Waals surface area contributed by atoms with Gasteiger partial charge >= 0.3 is 13.3 Å². The summed E-state index contributed by atoms with van der Waals surface area (Å²) in [7, 11) is -2.22. The molecule has 3 nitrogen and oxygen atoms in total. The van der Waals surface area contributed by atoms with Gasteiger partial charge in [0.25, 0.3) is 0 Å². The number of carbonyl (C=O) groups is 1. The van der Waals surface area contributed by atoms with Crippen LogP contribution in [0.3, 0.4) is 0 Å². The van der Waals surface area contributed by atoms with E-state index in [2.05, 4.69) is 13.8 Å². The SMILES string of the molecule is CCOc1ccccc1[P+](=O)C(=O)c1c(C)cc(C)c(CC)c1C. The van der Waals surface area contributed by atoms with Gasteiger partial charge in [-0.15, -0.1) is 0 Å². The average Bonchev–Trinajstić information content (AvgIpc) is 2.55. The van der Waals surface area contributed by atoms with Gasteiger partial charge in [-0.25, -0.2) is 4.79 Å². The number of hydrogen-bond acceptors (Lipinski definition) is 3. The second-order valence-corrected chi connectivity index (χ2v) is 7.32. The van der Waals surface area contributed by atoms with E-state index in [9.17, 15) is 9.36 Å². The van der Waals surface area contributed by atoms with Crippen LogP contribution < -0.4 is 10.0 Å². The molecule has 1 atom stereocenters. The maximum Gasteiger partial charge on any atom is 0.462 e. The lowest BCUT2D eigenvalue weighted by Crippen LogP contribution is -2.12. The van der Waals surface area contributed by atoms with E-state index < -0.39 is 7.80 Å². The summed E-state index contributed by atoms with van der Waals surface area (Å²) in [5.41, 5.74) is 4.42. The number of ether oxygens (including phenoxy) is 1. The molecule has 2 aromatic carbocycles. The zero-order chi connectivity index (χ0) is 17.9. The first kappa shape index (κ1) is 18.4. The Morgan fingerprint density at radius 3 is 2.38 bits per heavy atom. The van der Waals surface area contributed by atoms with Gasteiger partial charge in [-0.05, 0) is 68.5 Å². The van der Waals surface area contributed by atoms with Gasteiger partial charge in [0.05, 0.1) is 12.2 Å². The fourth-order valence-electron chi connectivity index (χ4n) is 3.21. The van der Waals surface area contributed by atoms with Gasteiger partial charge in [0.1, 0.15) is 0 Å². The summed E-state index contributed by atoms with van der Waals surface area (Å²) in [4.78, 5) is 13.0. The maximum atomic E-state index is 13.0. The Bertz CT molecular complexity index is 794. The molecule has 0 amide bonds. The zero-order valence-corrected chi connectivity index (χ0v) is 15.9. The molecule has 0 aliphatic rings. The lowest BCUT2D eigenvalue weighted by atomic mass is 9.93. The van der Waals surface area contributed by atoms with E-state index in [1.165, 1.54) is 5.56 Å². The molecule has 0 heterocycles. The molecular formula is C20H24O3P+. The summed E-state index contributed by atoms with van der Waals surface area (Å²) in [6, 6.07) is 9.08. The van der Waals surface area contributed by atoms with Crippen molar-refractivity contribution in [1.82, 2.24) is 0 Å². The number of aryl methyl sites for hydroxylation is 2. The molecule has 0 saturated carbocycles. The van der Waals surface area contributed by atoms with Crippen LogP contribution >= 0.6 is 7.80 Å². The van der Waals surface area contributed by atoms with Crippen LogP contribution in [0.5, 0.6) is 5.75 Å². The third kappa shape index (κ3) is 3.42. The summed E-state index contributed by atoms with van der Waals surface area (Å²) in [5.74, 6) is 0.521. The van der Waals surface area contributed by atoms with Crippen LogP contribution in [0.25, 0.3) is 0 Å². The smallest absolute Gasteiger partial charge is 0.462 e. The molecule has 0 N–H and O–H groups in total. The number of para-hydroxylation sites is 1. The second kappa shape index (κ2) is 7.72. The molecule has 1 unspecified atom stereocenters. The third-order valence-corrected chi connectivity index (χ3v) is 5.67. The van der Waals surface area contributed by atoms with Crippen LogP contribution in [0.1, 0.15) is 46.5 Å². The van der Waals surface area contributed by atoms with Gasteiger partial charge in [-0.3, -0.25) is 0 Å². The van der Waals surface area contributed by atoms with E-state index in [1.807, 2.05) is 32.9 Å². The van der Waals surface area contributed by atoms with E-state index in [-0.39, 0.29) is 5.52 Å². The minimum Gasteiger partial charge on any atom is -0.489 e. The molecule has 2 aromatic rings. The molecule has 2 rings (SSSR count). The second-order valence-electron chi connectivity index (χ2n) is 5.84. The van der Waals surface area contributed by atoms with Crippen molar-refractivity contribution in [2.45, 2.75) is 41.0 Å². The summed E-state index contributed by atoms with van der Waals surface area (Å²) >= 11 is 0. The summed E-state index contributed by atoms with van der Waals surface area (Å²) < 4.78 is 18.5. The van der Waals surface area contributed by atoms with Gasteiger partial charge in [0.2, 0.25) is 5.30 Å². The molecule has 0 bridgehead atoms. The predicted octanol–water partition coefficient (Wildman–Crippen LogP) is 4.87. The first-order valence-electron chi connectivity index (χ1n) is 8.25. The molecule has 126 valence electrons. The van der Waals surface area contributed by atoms with Gasteiger partial charge in [0, 0.05) is 0 Å². The van der Waals surface area contributed by atoms with Crippen molar-refractivity contribution in [1.29, 1.82) is 0 Å². The molecule has 0 saturated heterocycles. The summed E-state index contributed by atoms with van der Waals surface area (Å²) in [6.45, 7) is 10.3. The quantitative estimate of drug-likeness (QED) is 0.703. The predicted molar refractivity (Wildman–Crippen MR) is 99.2 cm³/mol. The highest BCUT2D eigenvalue weighted by Gasteiger charge is 2.38. The van der Waals surface area contributed by atoms with Crippen molar-refractivity contribution in [3.63, 3.8) is 0 Å². The average molecular weight is 343 g/mol. The lowest BCUT2D eigenvalue weighted by Gasteiger charge is -2.12. The Labute approximate surface area is 144 Å². The van der Waals surface area contributed by atoms with E-state index >= 15 is 0 Å². The van der Waals surface area contributed by atoms with Crippen molar-refractivity contribution >= 4 is 18.6 Å². The van der Waals surface area contributed by atoms with Crippen molar-refractivity contribution < 1.29 is 14.1 Å². The van der Waals surface area contributed by atoms with Gasteiger partial charge in [-0.2, -0.15) is 0 Å². The van der Waals surface area contributed by atoms with E-state index in [0.29, 0.717) is 23.2 Å². The van der Waals surface area contributed by atoms with Crippen LogP contribution in [-0.4, -0.2) is 12.1 Å². The fourth-order valence-corrected chi connectivity index (χ4v) is 4.54. The van der Waals surface area contributed by atoms with E-state index in [4.69, 9.17) is 4.74 Å². The number of hydrogen-bond donors (Lipinski definition) is 0. The molecule has 0 aliphatic heterocycles. The highest BCUT2D eigenvalue weighted by atomic mass is 31.1. The largest absolute Gasteiger partial charge is 0.489 e. The van der Waals surface area contributed by atoms with Crippen molar-refractivity contribution in [2.75, 3.05) is 6.61 Å². The first-order valence-corrected chi connectivity index (χ1v) is 9.51. The standard InChI is InChI=1S/C20H24O3P/c1-6-16-13(3)12-14(4)19(15(16)5)20(21)24(22)18-11-9-8-10-17(18)23-7-2/h8-12H,6-7H2,1-5H3/q+1. The molecule has 0 aromatic heterocycles. The van der Waals surface area contributed by atoms with Crippen molar-refractivity contribution in [2.24, 2.45) is 0 Å². The molecule has 4 heteroatoms. The Hall–Kier alpha value is -1.99. The highest BCUT2D eigenvalue weighted by molar-refractivity contribution is 7.71. The van der Waals surface area contributed by atoms with Gasteiger partial charge in [-0.1, -0.05) is 29.7 Å². The van der Waals surface area contributed by atoms with E-state index in [1.54, 1.807) is 18.2 Å². The van der Waals surface area contributed by atoms with Crippen LogP contribution in [0, 0.1) is 20.8 Å². The van der Waals surface area contributed by atoms with Crippen molar-refractivity contribution in [3.8, 4) is 5.75 Å². The summed E-state index contributed by atoms with van der Waals surface area (Å²) in [6.07, 6.45) is 0.852. The van der Waals surface area contributed by atoms with Crippen LogP contribution in [0.2, 0.25) is 0 Å². The zero-order valence-electron chi connectivity index (χ0n) is 15.0. The van der Waals surface area contributed by atoms with Crippen LogP contribution in [-0.2, 0) is 11.0 Å². The first-order chi connectivity index (χ1) is 11.4. The monoisotopic (exact) mass is 343 g/mol. The van der Waals surface area contributed by atoms with Gasteiger partial charge < -0.3 is 4.74 Å². The Balaban J connectivity index is 2.52. The van der Waals surface area contributed by atoms with E-state index in [0.717, 1.165) is 23.1 Å². The molecule has 24 heavy (non-hydrogen) atoms. The minimum atomic E-state index is -2.22. The Morgan fingerprint density at radius 1 is 1.08 bits per heavy atom. The molecule has 0 aliphatic carbocycles. The van der Waals surface area contributed by atoms with Crippen LogP contribution in [0.4, 0.5) is 0 Å². The van der Waals surface area contributed by atoms with Crippen molar-refractivity contribution in [3.05, 3.63) is 58.1 Å². The molecular weight excluding hydrogens is 319 g/mol. The number of benzene rings is 2. The lowest BCUT2D eigenvalue weighted by molar-refractivity contribution is 0.107. The maximum absolute atomic E-state index is 13.0. The van der Waals surface area contributed by atoms with Gasteiger partial charge in [0.15, 0.2) is 5.75 Å². The molecule has 0 radical (unpaired) electrons. The molecule has 0 fully saturated rings.